The Labute approximate surface area is 155 Å². The molecule has 5 N–H and O–H groups in total. The fourth-order valence-corrected chi connectivity index (χ4v) is 4.15. The second-order valence-corrected chi connectivity index (χ2v) is 7.55. The van der Waals surface area contributed by atoms with Crippen molar-refractivity contribution in [3.63, 3.8) is 0 Å². The fraction of sp³-hybridized carbons (Fsp3) is 0.824. The number of fused-ring (bicyclic) bond motifs is 1. The zero-order chi connectivity index (χ0) is 20.0. The molecule has 0 aromatic heterocycles. The summed E-state index contributed by atoms with van der Waals surface area (Å²) in [6.07, 6.45) is -5.06. The normalized spacial score (nSPS) is 49.4. The smallest absolute Gasteiger partial charge is 0.303 e. The van der Waals surface area contributed by atoms with Gasteiger partial charge in [-0.2, -0.15) is 0 Å². The lowest BCUT2D eigenvalue weighted by molar-refractivity contribution is -0.302. The molecular formula is C17H26O10. The van der Waals surface area contributed by atoms with Gasteiger partial charge in [0.15, 0.2) is 6.29 Å². The first-order chi connectivity index (χ1) is 12.6. The highest BCUT2D eigenvalue weighted by Gasteiger charge is 2.61. The topological polar surface area (TPSA) is 155 Å². The van der Waals surface area contributed by atoms with Gasteiger partial charge in [0.25, 0.3) is 0 Å². The predicted octanol–water partition coefficient (Wildman–Crippen LogP) is -1.86. The van der Waals surface area contributed by atoms with Gasteiger partial charge in [-0.3, -0.25) is 4.79 Å². The second kappa shape index (κ2) is 7.28. The molecule has 10 heteroatoms. The summed E-state index contributed by atoms with van der Waals surface area (Å²) in [5, 5.41) is 49.8. The molecule has 0 spiro atoms. The third-order valence-corrected chi connectivity index (χ3v) is 5.55. The van der Waals surface area contributed by atoms with Crippen LogP contribution in [0.5, 0.6) is 0 Å². The lowest BCUT2D eigenvalue weighted by Gasteiger charge is -2.43. The molecule has 154 valence electrons. The summed E-state index contributed by atoms with van der Waals surface area (Å²) in [5.41, 5.74) is -2.33. The summed E-state index contributed by atoms with van der Waals surface area (Å²) in [7, 11) is 0. The van der Waals surface area contributed by atoms with E-state index in [0.717, 1.165) is 0 Å². The molecule has 2 aliphatic heterocycles. The van der Waals surface area contributed by atoms with Gasteiger partial charge >= 0.3 is 5.97 Å². The van der Waals surface area contributed by atoms with E-state index in [0.29, 0.717) is 12.8 Å². The van der Waals surface area contributed by atoms with Crippen LogP contribution >= 0.6 is 0 Å². The molecule has 0 unspecified atom stereocenters. The summed E-state index contributed by atoms with van der Waals surface area (Å²) < 4.78 is 21.6. The van der Waals surface area contributed by atoms with Gasteiger partial charge in [0.1, 0.15) is 30.0 Å². The molecule has 2 fully saturated rings. The zero-order valence-electron chi connectivity index (χ0n) is 15.1. The third kappa shape index (κ3) is 3.70. The second-order valence-electron chi connectivity index (χ2n) is 7.55. The first kappa shape index (κ1) is 20.5. The minimum absolute atomic E-state index is 0.302. The van der Waals surface area contributed by atoms with Gasteiger partial charge in [0.2, 0.25) is 6.29 Å². The monoisotopic (exact) mass is 390 g/mol. The van der Waals surface area contributed by atoms with E-state index in [-0.39, 0.29) is 6.61 Å². The lowest BCUT2D eigenvalue weighted by Crippen LogP contribution is -2.59. The van der Waals surface area contributed by atoms with Crippen molar-refractivity contribution in [3.05, 3.63) is 12.3 Å². The standard InChI is InChI=1S/C17H26O10/c1-8(18)27-16(2)3-4-17(23)5-6-24-15(13(16)17)25-7-9-10(19)11(20)12(21)14(22)26-9/h5-6,9-15,19-23H,3-4,7H2,1-2H3/t9-,10-,11+,12-,13-,14-,15+,16+,17+/m1/s1. The van der Waals surface area contributed by atoms with Gasteiger partial charge in [0, 0.05) is 6.92 Å². The van der Waals surface area contributed by atoms with E-state index >= 15 is 0 Å². The van der Waals surface area contributed by atoms with Gasteiger partial charge in [-0.1, -0.05) is 0 Å². The van der Waals surface area contributed by atoms with E-state index < -0.39 is 60.1 Å². The average molecular weight is 390 g/mol. The minimum Gasteiger partial charge on any atom is -0.472 e. The van der Waals surface area contributed by atoms with Crippen molar-refractivity contribution in [3.8, 4) is 0 Å². The van der Waals surface area contributed by atoms with Crippen LogP contribution < -0.4 is 0 Å². The molecule has 9 atom stereocenters. The molecule has 2 heterocycles. The Balaban J connectivity index is 1.72. The third-order valence-electron chi connectivity index (χ3n) is 5.55. The maximum Gasteiger partial charge on any atom is 0.303 e. The van der Waals surface area contributed by atoms with Crippen LogP contribution in [0.15, 0.2) is 12.3 Å². The molecule has 0 aromatic rings. The summed E-state index contributed by atoms with van der Waals surface area (Å²) >= 11 is 0. The number of ether oxygens (including phenoxy) is 4. The van der Waals surface area contributed by atoms with Gasteiger partial charge in [-0.15, -0.1) is 0 Å². The van der Waals surface area contributed by atoms with Crippen LogP contribution in [0.4, 0.5) is 0 Å². The summed E-state index contributed by atoms with van der Waals surface area (Å²) in [5.74, 6) is -1.23. The van der Waals surface area contributed by atoms with Crippen LogP contribution in [-0.2, 0) is 23.7 Å². The first-order valence-corrected chi connectivity index (χ1v) is 8.82. The number of rotatable bonds is 4. The van der Waals surface area contributed by atoms with E-state index in [4.69, 9.17) is 18.9 Å². The Morgan fingerprint density at radius 1 is 1.19 bits per heavy atom. The van der Waals surface area contributed by atoms with Gasteiger partial charge in [-0.25, -0.2) is 0 Å². The van der Waals surface area contributed by atoms with Crippen LogP contribution in [0.3, 0.4) is 0 Å². The molecule has 10 nitrogen and oxygen atoms in total. The highest BCUT2D eigenvalue weighted by molar-refractivity contribution is 5.66. The van der Waals surface area contributed by atoms with Crippen molar-refractivity contribution in [2.75, 3.05) is 6.61 Å². The van der Waals surface area contributed by atoms with Crippen molar-refractivity contribution in [1.29, 1.82) is 0 Å². The number of aliphatic hydroxyl groups excluding tert-OH is 4. The molecule has 27 heavy (non-hydrogen) atoms. The number of aliphatic hydroxyl groups is 5. The van der Waals surface area contributed by atoms with E-state index in [1.54, 1.807) is 6.92 Å². The minimum atomic E-state index is -1.68. The average Bonchev–Trinajstić information content (AvgIpc) is 2.86. The van der Waals surface area contributed by atoms with Crippen molar-refractivity contribution in [2.24, 2.45) is 5.92 Å². The van der Waals surface area contributed by atoms with Crippen LogP contribution in [0.25, 0.3) is 0 Å². The molecule has 0 bridgehead atoms. The van der Waals surface area contributed by atoms with Crippen LogP contribution in [-0.4, -0.2) is 86.3 Å². The molecule has 1 saturated heterocycles. The number of esters is 1. The Hall–Kier alpha value is -1.27. The quantitative estimate of drug-likeness (QED) is 0.345. The largest absolute Gasteiger partial charge is 0.472 e. The van der Waals surface area contributed by atoms with E-state index in [1.165, 1.54) is 19.3 Å². The molecule has 0 aromatic carbocycles. The highest BCUT2D eigenvalue weighted by Crippen LogP contribution is 2.50. The highest BCUT2D eigenvalue weighted by atomic mass is 16.7. The first-order valence-electron chi connectivity index (χ1n) is 8.82. The molecule has 3 aliphatic rings. The van der Waals surface area contributed by atoms with Gasteiger partial charge in [0.05, 0.1) is 24.4 Å². The van der Waals surface area contributed by atoms with Crippen molar-refractivity contribution in [1.82, 2.24) is 0 Å². The van der Waals surface area contributed by atoms with Crippen LogP contribution in [0, 0.1) is 5.92 Å². The van der Waals surface area contributed by atoms with E-state index in [1.807, 2.05) is 0 Å². The van der Waals surface area contributed by atoms with E-state index in [9.17, 15) is 30.3 Å². The van der Waals surface area contributed by atoms with Crippen LogP contribution in [0.1, 0.15) is 26.7 Å². The maximum atomic E-state index is 11.5. The number of carbonyl (C=O) groups is 1. The Kier molecular flexibility index (Phi) is 5.52. The van der Waals surface area contributed by atoms with Crippen molar-refractivity contribution < 1.29 is 49.3 Å². The fourth-order valence-electron chi connectivity index (χ4n) is 4.15. The SMILES string of the molecule is CC(=O)O[C@@]1(C)CC[C@]2(O)C=CO[C@@H](OC[C@H]3O[C@@H](O)[C@H](O)[C@@H](O)[C@@H]3O)[C@@H]21. The molecular weight excluding hydrogens is 364 g/mol. The Morgan fingerprint density at radius 2 is 1.89 bits per heavy atom. The molecule has 1 saturated carbocycles. The number of hydrogen-bond acceptors (Lipinski definition) is 10. The predicted molar refractivity (Wildman–Crippen MR) is 86.7 cm³/mol. The Morgan fingerprint density at radius 3 is 2.56 bits per heavy atom. The van der Waals surface area contributed by atoms with Crippen molar-refractivity contribution >= 4 is 5.97 Å². The number of hydrogen-bond donors (Lipinski definition) is 5. The summed E-state index contributed by atoms with van der Waals surface area (Å²) in [4.78, 5) is 11.5. The maximum absolute atomic E-state index is 11.5. The molecule has 3 rings (SSSR count). The molecule has 0 radical (unpaired) electrons. The Bertz CT molecular complexity index is 596. The van der Waals surface area contributed by atoms with Crippen molar-refractivity contribution in [2.45, 2.75) is 74.9 Å². The van der Waals surface area contributed by atoms with Gasteiger partial charge < -0.3 is 44.5 Å². The number of carbonyl (C=O) groups excluding carboxylic acids is 1. The lowest BCUT2D eigenvalue weighted by atomic mass is 9.82. The summed E-state index contributed by atoms with van der Waals surface area (Å²) in [6.45, 7) is 2.66. The summed E-state index contributed by atoms with van der Waals surface area (Å²) in [6, 6.07) is 0. The van der Waals surface area contributed by atoms with Crippen LogP contribution in [0.2, 0.25) is 0 Å². The zero-order valence-corrected chi connectivity index (χ0v) is 15.1. The molecule has 1 aliphatic carbocycles. The molecule has 0 amide bonds. The van der Waals surface area contributed by atoms with E-state index in [2.05, 4.69) is 0 Å². The van der Waals surface area contributed by atoms with Gasteiger partial charge in [-0.05, 0) is 25.8 Å².